The second-order valence-electron chi connectivity index (χ2n) is 6.65. The van der Waals surface area contributed by atoms with Crippen molar-refractivity contribution in [1.29, 1.82) is 0 Å². The number of nitrogens with one attached hydrogen (secondary N) is 2. The van der Waals surface area contributed by atoms with Crippen LogP contribution in [0.4, 0.5) is 5.69 Å². The Bertz CT molecular complexity index is 620. The van der Waals surface area contributed by atoms with E-state index in [-0.39, 0.29) is 23.5 Å². The summed E-state index contributed by atoms with van der Waals surface area (Å²) in [5, 5.41) is 5.61. The van der Waals surface area contributed by atoms with Gasteiger partial charge in [0.25, 0.3) is 5.91 Å². The van der Waals surface area contributed by atoms with E-state index in [1.54, 1.807) is 24.3 Å². The van der Waals surface area contributed by atoms with Crippen LogP contribution in [0.25, 0.3) is 0 Å². The summed E-state index contributed by atoms with van der Waals surface area (Å²) in [7, 11) is 0. The fraction of sp³-hybridized carbons (Fsp3) is 0.474. The van der Waals surface area contributed by atoms with Gasteiger partial charge in [-0.2, -0.15) is 0 Å². The summed E-state index contributed by atoms with van der Waals surface area (Å²) in [6, 6.07) is 6.81. The second kappa shape index (κ2) is 7.18. The summed E-state index contributed by atoms with van der Waals surface area (Å²) >= 11 is 0. The van der Waals surface area contributed by atoms with Gasteiger partial charge in [-0.1, -0.05) is 6.58 Å². The first-order valence-corrected chi connectivity index (χ1v) is 8.60. The molecular formula is C19H24N2O3. The number of amides is 2. The highest BCUT2D eigenvalue weighted by molar-refractivity contribution is 5.99. The Hall–Kier alpha value is -2.14. The summed E-state index contributed by atoms with van der Waals surface area (Å²) in [6.07, 6.45) is 8.26. The van der Waals surface area contributed by atoms with E-state index in [9.17, 15) is 9.59 Å². The predicted molar refractivity (Wildman–Crippen MR) is 92.9 cm³/mol. The molecule has 0 bridgehead atoms. The highest BCUT2D eigenvalue weighted by Crippen LogP contribution is 2.43. The number of anilines is 1. The molecule has 1 aliphatic heterocycles. The number of ether oxygens (including phenoxy) is 1. The molecule has 2 aliphatic rings. The van der Waals surface area contributed by atoms with Crippen molar-refractivity contribution in [1.82, 2.24) is 5.32 Å². The zero-order valence-electron chi connectivity index (χ0n) is 13.8. The second-order valence-corrected chi connectivity index (χ2v) is 6.65. The molecule has 2 N–H and O–H groups in total. The van der Waals surface area contributed by atoms with Gasteiger partial charge in [0.05, 0.1) is 11.7 Å². The van der Waals surface area contributed by atoms with E-state index in [0.717, 1.165) is 25.7 Å². The summed E-state index contributed by atoms with van der Waals surface area (Å²) in [5.41, 5.74) is 1.32. The number of rotatable bonds is 5. The van der Waals surface area contributed by atoms with Gasteiger partial charge in [0.2, 0.25) is 5.91 Å². The van der Waals surface area contributed by atoms with Gasteiger partial charge in [-0.15, -0.1) is 0 Å². The largest absolute Gasteiger partial charge is 0.370 e. The minimum Gasteiger partial charge on any atom is -0.370 e. The van der Waals surface area contributed by atoms with Crippen LogP contribution in [-0.2, 0) is 9.53 Å². The molecule has 1 atom stereocenters. The molecule has 1 aliphatic carbocycles. The van der Waals surface area contributed by atoms with Crippen LogP contribution in [0.3, 0.4) is 0 Å². The van der Waals surface area contributed by atoms with Crippen molar-refractivity contribution in [3.05, 3.63) is 42.5 Å². The zero-order valence-corrected chi connectivity index (χ0v) is 13.8. The van der Waals surface area contributed by atoms with Gasteiger partial charge in [-0.3, -0.25) is 9.59 Å². The van der Waals surface area contributed by atoms with Crippen LogP contribution < -0.4 is 10.6 Å². The van der Waals surface area contributed by atoms with E-state index in [1.165, 1.54) is 18.9 Å². The minimum absolute atomic E-state index is 0.110. The number of carbonyl (C=O) groups excluding carboxylic acids is 2. The molecule has 1 saturated heterocycles. The highest BCUT2D eigenvalue weighted by Gasteiger charge is 2.42. The van der Waals surface area contributed by atoms with Crippen LogP contribution in [0, 0.1) is 0 Å². The van der Waals surface area contributed by atoms with Gasteiger partial charge in [-0.05, 0) is 68.9 Å². The van der Waals surface area contributed by atoms with Crippen LogP contribution >= 0.6 is 0 Å². The molecule has 2 amide bonds. The monoisotopic (exact) mass is 328 g/mol. The Morgan fingerprint density at radius 3 is 2.54 bits per heavy atom. The third kappa shape index (κ3) is 3.85. The van der Waals surface area contributed by atoms with Crippen molar-refractivity contribution >= 4 is 17.5 Å². The molecule has 128 valence electrons. The standard InChI is InChI=1S/C19H24N2O3/c1-2-17(22)21-15-8-6-14(7-9-15)18(23)20-13-16-5-3-10-19(24-16)11-4-12-19/h2,6-9,16H,1,3-5,10-13H2,(H,20,23)(H,21,22). The molecule has 0 radical (unpaired) electrons. The first kappa shape index (κ1) is 16.7. The first-order valence-electron chi connectivity index (χ1n) is 8.60. The van der Waals surface area contributed by atoms with E-state index in [0.29, 0.717) is 17.8 Å². The number of hydrogen-bond donors (Lipinski definition) is 2. The Labute approximate surface area is 142 Å². The van der Waals surface area contributed by atoms with E-state index in [2.05, 4.69) is 17.2 Å². The topological polar surface area (TPSA) is 67.4 Å². The van der Waals surface area contributed by atoms with Crippen LogP contribution in [0.5, 0.6) is 0 Å². The Morgan fingerprint density at radius 1 is 1.21 bits per heavy atom. The quantitative estimate of drug-likeness (QED) is 0.817. The molecule has 1 aromatic rings. The molecule has 1 saturated carbocycles. The molecule has 2 fully saturated rings. The molecule has 1 spiro atoms. The molecule has 5 nitrogen and oxygen atoms in total. The van der Waals surface area contributed by atoms with Crippen molar-refractivity contribution in [2.24, 2.45) is 0 Å². The maximum Gasteiger partial charge on any atom is 0.251 e. The van der Waals surface area contributed by atoms with Crippen LogP contribution in [0.15, 0.2) is 36.9 Å². The average molecular weight is 328 g/mol. The number of carbonyl (C=O) groups is 2. The molecule has 1 aromatic carbocycles. The normalized spacial score (nSPS) is 21.6. The van der Waals surface area contributed by atoms with Crippen LogP contribution in [-0.4, -0.2) is 30.1 Å². The van der Waals surface area contributed by atoms with Gasteiger partial charge in [0.1, 0.15) is 0 Å². The fourth-order valence-corrected chi connectivity index (χ4v) is 3.41. The van der Waals surface area contributed by atoms with Gasteiger partial charge in [0, 0.05) is 17.8 Å². The molecule has 0 aromatic heterocycles. The van der Waals surface area contributed by atoms with Crippen molar-refractivity contribution in [2.45, 2.75) is 50.2 Å². The Balaban J connectivity index is 1.49. The smallest absolute Gasteiger partial charge is 0.251 e. The van der Waals surface area contributed by atoms with Crippen molar-refractivity contribution < 1.29 is 14.3 Å². The lowest BCUT2D eigenvalue weighted by atomic mass is 9.74. The van der Waals surface area contributed by atoms with Gasteiger partial charge >= 0.3 is 0 Å². The minimum atomic E-state index is -0.272. The summed E-state index contributed by atoms with van der Waals surface area (Å²) in [5.74, 6) is -0.389. The molecule has 3 rings (SSSR count). The first-order chi connectivity index (χ1) is 11.6. The lowest BCUT2D eigenvalue weighted by Crippen LogP contribution is -2.49. The number of benzene rings is 1. The van der Waals surface area contributed by atoms with Gasteiger partial charge < -0.3 is 15.4 Å². The van der Waals surface area contributed by atoms with E-state index < -0.39 is 0 Å². The molecule has 1 unspecified atom stereocenters. The summed E-state index contributed by atoms with van der Waals surface area (Å²) in [4.78, 5) is 23.5. The van der Waals surface area contributed by atoms with E-state index in [4.69, 9.17) is 4.74 Å². The average Bonchev–Trinajstić information content (AvgIpc) is 2.59. The summed E-state index contributed by atoms with van der Waals surface area (Å²) < 4.78 is 6.20. The summed E-state index contributed by atoms with van der Waals surface area (Å²) in [6.45, 7) is 3.95. The highest BCUT2D eigenvalue weighted by atomic mass is 16.5. The molecule has 24 heavy (non-hydrogen) atoms. The Kier molecular flexibility index (Phi) is 5.00. The lowest BCUT2D eigenvalue weighted by Gasteiger charge is -2.47. The molecular weight excluding hydrogens is 304 g/mol. The van der Waals surface area contributed by atoms with Gasteiger partial charge in [0.15, 0.2) is 0 Å². The fourth-order valence-electron chi connectivity index (χ4n) is 3.41. The maximum absolute atomic E-state index is 12.3. The molecule has 1 heterocycles. The molecule has 5 heteroatoms. The third-order valence-electron chi connectivity index (χ3n) is 4.93. The Morgan fingerprint density at radius 2 is 1.92 bits per heavy atom. The maximum atomic E-state index is 12.3. The number of hydrogen-bond acceptors (Lipinski definition) is 3. The SMILES string of the molecule is C=CC(=O)Nc1ccc(C(=O)NCC2CCCC3(CCC3)O2)cc1. The van der Waals surface area contributed by atoms with Gasteiger partial charge in [-0.25, -0.2) is 0 Å². The zero-order chi connectivity index (χ0) is 17.0. The van der Waals surface area contributed by atoms with Crippen molar-refractivity contribution in [3.63, 3.8) is 0 Å². The van der Waals surface area contributed by atoms with Crippen molar-refractivity contribution in [3.8, 4) is 0 Å². The predicted octanol–water partition coefficient (Wildman–Crippen LogP) is 3.03. The third-order valence-corrected chi connectivity index (χ3v) is 4.93. The van der Waals surface area contributed by atoms with Crippen LogP contribution in [0.1, 0.15) is 48.9 Å². The van der Waals surface area contributed by atoms with E-state index >= 15 is 0 Å². The van der Waals surface area contributed by atoms with Crippen molar-refractivity contribution in [2.75, 3.05) is 11.9 Å². The lowest BCUT2D eigenvalue weighted by molar-refractivity contribution is -0.166. The van der Waals surface area contributed by atoms with Crippen LogP contribution in [0.2, 0.25) is 0 Å². The van der Waals surface area contributed by atoms with E-state index in [1.807, 2.05) is 0 Å².